The average molecular weight is 217 g/mol. The van der Waals surface area contributed by atoms with Gasteiger partial charge in [-0.25, -0.2) is 4.98 Å². The molecule has 2 aromatic rings. The van der Waals surface area contributed by atoms with Crippen LogP contribution in [0.4, 0.5) is 11.5 Å². The van der Waals surface area contributed by atoms with Crippen molar-refractivity contribution >= 4 is 17.4 Å². The molecular formula is C10H11N5O. The third kappa shape index (κ3) is 2.57. The van der Waals surface area contributed by atoms with Gasteiger partial charge >= 0.3 is 0 Å². The van der Waals surface area contributed by atoms with Crippen molar-refractivity contribution in [2.24, 2.45) is 0 Å². The summed E-state index contributed by atoms with van der Waals surface area (Å²) >= 11 is 0. The van der Waals surface area contributed by atoms with Crippen LogP contribution in [0.15, 0.2) is 36.8 Å². The number of hydrogen-bond donors (Lipinski definition) is 2. The summed E-state index contributed by atoms with van der Waals surface area (Å²) in [7, 11) is 0. The van der Waals surface area contributed by atoms with E-state index in [1.54, 1.807) is 35.3 Å². The van der Waals surface area contributed by atoms with Crippen molar-refractivity contribution in [2.75, 3.05) is 11.1 Å². The van der Waals surface area contributed by atoms with Gasteiger partial charge < -0.3 is 11.1 Å². The number of nitrogens with one attached hydrogen (secondary N) is 1. The van der Waals surface area contributed by atoms with Gasteiger partial charge in [-0.3, -0.25) is 9.48 Å². The molecule has 3 N–H and O–H groups in total. The number of anilines is 2. The lowest BCUT2D eigenvalue weighted by atomic mass is 10.4. The van der Waals surface area contributed by atoms with Gasteiger partial charge in [-0.1, -0.05) is 0 Å². The Bertz CT molecular complexity index is 462. The molecule has 0 aliphatic rings. The zero-order valence-electron chi connectivity index (χ0n) is 8.50. The van der Waals surface area contributed by atoms with Crippen LogP contribution in [0.3, 0.4) is 0 Å². The lowest BCUT2D eigenvalue weighted by Crippen LogP contribution is -2.19. The SMILES string of the molecule is Nc1ccc(NC(=O)Cn2cccn2)cn1. The van der Waals surface area contributed by atoms with E-state index in [1.165, 1.54) is 6.20 Å². The average Bonchev–Trinajstić information content (AvgIpc) is 2.74. The first kappa shape index (κ1) is 10.2. The highest BCUT2D eigenvalue weighted by molar-refractivity contribution is 5.90. The minimum atomic E-state index is -0.157. The molecule has 82 valence electrons. The van der Waals surface area contributed by atoms with E-state index in [-0.39, 0.29) is 12.5 Å². The van der Waals surface area contributed by atoms with Gasteiger partial charge in [0.2, 0.25) is 5.91 Å². The van der Waals surface area contributed by atoms with Crippen LogP contribution < -0.4 is 11.1 Å². The largest absolute Gasteiger partial charge is 0.384 e. The van der Waals surface area contributed by atoms with Crippen LogP contribution >= 0.6 is 0 Å². The third-order valence-electron chi connectivity index (χ3n) is 1.93. The summed E-state index contributed by atoms with van der Waals surface area (Å²) in [4.78, 5) is 15.4. The Morgan fingerprint density at radius 1 is 1.50 bits per heavy atom. The summed E-state index contributed by atoms with van der Waals surface area (Å²) in [5.41, 5.74) is 6.05. The lowest BCUT2D eigenvalue weighted by molar-refractivity contribution is -0.116. The Kier molecular flexibility index (Phi) is 2.81. The van der Waals surface area contributed by atoms with Crippen LogP contribution in [0.25, 0.3) is 0 Å². The fourth-order valence-electron chi connectivity index (χ4n) is 1.22. The maximum atomic E-state index is 11.5. The fourth-order valence-corrected chi connectivity index (χ4v) is 1.22. The second kappa shape index (κ2) is 4.43. The van der Waals surface area contributed by atoms with Crippen LogP contribution in [0.5, 0.6) is 0 Å². The van der Waals surface area contributed by atoms with Crippen molar-refractivity contribution in [2.45, 2.75) is 6.54 Å². The Balaban J connectivity index is 1.95. The Labute approximate surface area is 92.1 Å². The fraction of sp³-hybridized carbons (Fsp3) is 0.100. The van der Waals surface area contributed by atoms with Crippen molar-refractivity contribution in [3.05, 3.63) is 36.8 Å². The third-order valence-corrected chi connectivity index (χ3v) is 1.93. The number of carbonyl (C=O) groups excluding carboxylic acids is 1. The van der Waals surface area contributed by atoms with Gasteiger partial charge in [0, 0.05) is 12.4 Å². The molecule has 0 radical (unpaired) electrons. The molecule has 0 fully saturated rings. The quantitative estimate of drug-likeness (QED) is 0.783. The Morgan fingerprint density at radius 2 is 2.38 bits per heavy atom. The minimum Gasteiger partial charge on any atom is -0.384 e. The highest BCUT2D eigenvalue weighted by Crippen LogP contribution is 2.06. The van der Waals surface area contributed by atoms with E-state index >= 15 is 0 Å². The van der Waals surface area contributed by atoms with Crippen molar-refractivity contribution in [3.63, 3.8) is 0 Å². The Morgan fingerprint density at radius 3 is 3.00 bits per heavy atom. The van der Waals surface area contributed by atoms with Gasteiger partial charge in [0.05, 0.1) is 11.9 Å². The first-order valence-corrected chi connectivity index (χ1v) is 4.73. The zero-order valence-corrected chi connectivity index (χ0v) is 8.50. The molecule has 0 saturated heterocycles. The molecule has 0 atom stereocenters. The summed E-state index contributed by atoms with van der Waals surface area (Å²) in [6, 6.07) is 5.09. The maximum absolute atomic E-state index is 11.5. The van der Waals surface area contributed by atoms with E-state index in [9.17, 15) is 4.79 Å². The molecule has 0 saturated carbocycles. The number of aromatic nitrogens is 3. The van der Waals surface area contributed by atoms with E-state index in [0.717, 1.165) is 0 Å². The smallest absolute Gasteiger partial charge is 0.246 e. The molecule has 0 aliphatic heterocycles. The topological polar surface area (TPSA) is 85.8 Å². The number of nitrogens with zero attached hydrogens (tertiary/aromatic N) is 3. The molecule has 6 heteroatoms. The second-order valence-electron chi connectivity index (χ2n) is 3.22. The number of amides is 1. The lowest BCUT2D eigenvalue weighted by Gasteiger charge is -2.04. The molecule has 2 rings (SSSR count). The molecule has 2 heterocycles. The summed E-state index contributed by atoms with van der Waals surface area (Å²) in [5.74, 6) is 0.264. The summed E-state index contributed by atoms with van der Waals surface area (Å²) in [5, 5.41) is 6.62. The molecule has 0 spiro atoms. The highest BCUT2D eigenvalue weighted by atomic mass is 16.2. The molecule has 0 aromatic carbocycles. The minimum absolute atomic E-state index is 0.157. The van der Waals surface area contributed by atoms with Crippen LogP contribution in [0.2, 0.25) is 0 Å². The standard InChI is InChI=1S/C10H11N5O/c11-9-3-2-8(6-12-9)14-10(16)7-15-5-1-4-13-15/h1-6H,7H2,(H2,11,12)(H,14,16). The molecule has 16 heavy (non-hydrogen) atoms. The van der Waals surface area contributed by atoms with Gasteiger partial charge in [-0.05, 0) is 18.2 Å². The van der Waals surface area contributed by atoms with Crippen LogP contribution in [0.1, 0.15) is 0 Å². The van der Waals surface area contributed by atoms with Crippen LogP contribution in [-0.4, -0.2) is 20.7 Å². The predicted octanol–water partition coefficient (Wildman–Crippen LogP) is 0.499. The van der Waals surface area contributed by atoms with Gasteiger partial charge in [0.1, 0.15) is 12.4 Å². The van der Waals surface area contributed by atoms with Crippen LogP contribution in [-0.2, 0) is 11.3 Å². The molecule has 6 nitrogen and oxygen atoms in total. The van der Waals surface area contributed by atoms with E-state index in [1.807, 2.05) is 0 Å². The maximum Gasteiger partial charge on any atom is 0.246 e. The summed E-state index contributed by atoms with van der Waals surface area (Å²) in [6.07, 6.45) is 4.86. The number of rotatable bonds is 3. The Hall–Kier alpha value is -2.37. The van der Waals surface area contributed by atoms with Gasteiger partial charge in [-0.15, -0.1) is 0 Å². The number of nitrogens with two attached hydrogens (primary N) is 1. The second-order valence-corrected chi connectivity index (χ2v) is 3.22. The number of nitrogen functional groups attached to an aromatic ring is 1. The summed E-state index contributed by atoms with van der Waals surface area (Å²) in [6.45, 7) is 0.178. The van der Waals surface area contributed by atoms with Crippen molar-refractivity contribution in [3.8, 4) is 0 Å². The van der Waals surface area contributed by atoms with Crippen LogP contribution in [0, 0.1) is 0 Å². The first-order chi connectivity index (χ1) is 7.74. The number of pyridine rings is 1. The number of carbonyl (C=O) groups is 1. The first-order valence-electron chi connectivity index (χ1n) is 4.73. The van der Waals surface area contributed by atoms with E-state index in [0.29, 0.717) is 11.5 Å². The van der Waals surface area contributed by atoms with Gasteiger partial charge in [-0.2, -0.15) is 5.10 Å². The van der Waals surface area contributed by atoms with Gasteiger partial charge in [0.15, 0.2) is 0 Å². The molecule has 1 amide bonds. The molecular weight excluding hydrogens is 206 g/mol. The van der Waals surface area contributed by atoms with E-state index in [4.69, 9.17) is 5.73 Å². The predicted molar refractivity (Wildman–Crippen MR) is 59.5 cm³/mol. The van der Waals surface area contributed by atoms with E-state index in [2.05, 4.69) is 15.4 Å². The van der Waals surface area contributed by atoms with E-state index < -0.39 is 0 Å². The zero-order chi connectivity index (χ0) is 11.4. The molecule has 0 aliphatic carbocycles. The van der Waals surface area contributed by atoms with Crippen molar-refractivity contribution in [1.82, 2.24) is 14.8 Å². The normalized spacial score (nSPS) is 10.0. The van der Waals surface area contributed by atoms with Crippen molar-refractivity contribution in [1.29, 1.82) is 0 Å². The van der Waals surface area contributed by atoms with Crippen molar-refractivity contribution < 1.29 is 4.79 Å². The number of hydrogen-bond acceptors (Lipinski definition) is 4. The molecule has 0 bridgehead atoms. The highest BCUT2D eigenvalue weighted by Gasteiger charge is 2.03. The summed E-state index contributed by atoms with van der Waals surface area (Å²) < 4.78 is 1.54. The monoisotopic (exact) mass is 217 g/mol. The van der Waals surface area contributed by atoms with Gasteiger partial charge in [0.25, 0.3) is 0 Å². The molecule has 0 unspecified atom stereocenters. The molecule has 2 aromatic heterocycles.